The van der Waals surface area contributed by atoms with Crippen LogP contribution in [0.4, 0.5) is 5.69 Å². The van der Waals surface area contributed by atoms with Crippen LogP contribution in [-0.4, -0.2) is 0 Å². The maximum absolute atomic E-state index is 11.6. The zero-order valence-electron chi connectivity index (χ0n) is 9.71. The number of nitrogens with two attached hydrogens (primary N) is 1. The van der Waals surface area contributed by atoms with Crippen LogP contribution in [0.3, 0.4) is 0 Å². The SMILES string of the molecule is Nc1ccc(CO[PH](=O)Oc2ccccc2)cc1. The van der Waals surface area contributed by atoms with Crippen LogP contribution in [0.15, 0.2) is 54.6 Å². The molecule has 0 fully saturated rings. The summed E-state index contributed by atoms with van der Waals surface area (Å²) in [6.07, 6.45) is 0. The van der Waals surface area contributed by atoms with Crippen molar-refractivity contribution in [3.8, 4) is 5.75 Å². The summed E-state index contributed by atoms with van der Waals surface area (Å²) in [7, 11) is -2.53. The molecule has 2 aromatic carbocycles. The van der Waals surface area contributed by atoms with Crippen molar-refractivity contribution in [1.29, 1.82) is 0 Å². The molecule has 0 aliphatic carbocycles. The van der Waals surface area contributed by atoms with Gasteiger partial charge in [-0.1, -0.05) is 30.3 Å². The predicted octanol–water partition coefficient (Wildman–Crippen LogP) is 3.25. The first-order valence-corrected chi connectivity index (χ1v) is 6.70. The third-order valence-corrected chi connectivity index (χ3v) is 3.06. The second-order valence-electron chi connectivity index (χ2n) is 3.70. The van der Waals surface area contributed by atoms with Crippen molar-refractivity contribution < 1.29 is 13.6 Å². The van der Waals surface area contributed by atoms with Gasteiger partial charge in [-0.15, -0.1) is 0 Å². The topological polar surface area (TPSA) is 61.5 Å². The Morgan fingerprint density at radius 1 is 1.00 bits per heavy atom. The smallest absolute Gasteiger partial charge is 0.368 e. The second-order valence-corrected chi connectivity index (χ2v) is 4.69. The molecule has 0 aliphatic rings. The van der Waals surface area contributed by atoms with Crippen LogP contribution in [0.25, 0.3) is 0 Å². The Morgan fingerprint density at radius 3 is 2.33 bits per heavy atom. The van der Waals surface area contributed by atoms with E-state index in [1.165, 1.54) is 0 Å². The summed E-state index contributed by atoms with van der Waals surface area (Å²) in [5, 5.41) is 0. The summed E-state index contributed by atoms with van der Waals surface area (Å²) in [4.78, 5) is 0. The molecule has 0 bridgehead atoms. The van der Waals surface area contributed by atoms with Crippen molar-refractivity contribution in [2.75, 3.05) is 5.73 Å². The Kier molecular flexibility index (Phi) is 4.40. The number of hydrogen-bond acceptors (Lipinski definition) is 4. The van der Waals surface area contributed by atoms with Gasteiger partial charge in [-0.25, -0.2) is 4.57 Å². The molecule has 94 valence electrons. The Bertz CT molecular complexity index is 514. The molecule has 2 N–H and O–H groups in total. The summed E-state index contributed by atoms with van der Waals surface area (Å²) in [5.74, 6) is 0.540. The van der Waals surface area contributed by atoms with Gasteiger partial charge in [0, 0.05) is 5.69 Å². The zero-order valence-corrected chi connectivity index (χ0v) is 10.7. The highest BCUT2D eigenvalue weighted by molar-refractivity contribution is 7.33. The van der Waals surface area contributed by atoms with E-state index in [2.05, 4.69) is 0 Å². The van der Waals surface area contributed by atoms with E-state index in [0.717, 1.165) is 5.56 Å². The summed E-state index contributed by atoms with van der Waals surface area (Å²) >= 11 is 0. The molecule has 0 saturated carbocycles. The van der Waals surface area contributed by atoms with E-state index in [1.54, 1.807) is 24.3 Å². The molecule has 4 nitrogen and oxygen atoms in total. The molecule has 5 heteroatoms. The van der Waals surface area contributed by atoms with Crippen molar-refractivity contribution in [2.45, 2.75) is 6.61 Å². The molecule has 0 radical (unpaired) electrons. The van der Waals surface area contributed by atoms with Crippen molar-refractivity contribution in [1.82, 2.24) is 0 Å². The number of rotatable bonds is 5. The van der Waals surface area contributed by atoms with Crippen LogP contribution in [0.5, 0.6) is 5.75 Å². The summed E-state index contributed by atoms with van der Waals surface area (Å²) in [5.41, 5.74) is 7.15. The van der Waals surface area contributed by atoms with Gasteiger partial charge in [0.25, 0.3) is 0 Å². The van der Waals surface area contributed by atoms with Gasteiger partial charge in [-0.2, -0.15) is 0 Å². The molecule has 1 unspecified atom stereocenters. The first-order valence-electron chi connectivity index (χ1n) is 5.48. The van der Waals surface area contributed by atoms with Gasteiger partial charge >= 0.3 is 8.25 Å². The molecule has 18 heavy (non-hydrogen) atoms. The van der Waals surface area contributed by atoms with Gasteiger partial charge in [0.15, 0.2) is 0 Å². The summed E-state index contributed by atoms with van der Waals surface area (Å²) in [6, 6.07) is 16.1. The average molecular weight is 263 g/mol. The number of para-hydroxylation sites is 1. The largest absolute Gasteiger partial charge is 0.426 e. The standard InChI is InChI=1S/C13H14NO3P/c14-12-8-6-11(7-9-12)10-16-18(15)17-13-4-2-1-3-5-13/h1-9,18H,10,14H2. The molecule has 2 aromatic rings. The number of nitrogen functional groups attached to an aromatic ring is 1. The fourth-order valence-corrected chi connectivity index (χ4v) is 2.04. The van der Waals surface area contributed by atoms with E-state index in [1.807, 2.05) is 30.3 Å². The zero-order chi connectivity index (χ0) is 12.8. The first kappa shape index (κ1) is 12.7. The van der Waals surface area contributed by atoms with E-state index in [0.29, 0.717) is 11.4 Å². The maximum atomic E-state index is 11.6. The van der Waals surface area contributed by atoms with Crippen molar-refractivity contribution in [3.63, 3.8) is 0 Å². The molecule has 0 heterocycles. The molecule has 1 atom stereocenters. The van der Waals surface area contributed by atoms with E-state index in [-0.39, 0.29) is 6.61 Å². The lowest BCUT2D eigenvalue weighted by Crippen LogP contribution is -1.90. The normalized spacial score (nSPS) is 12.0. The molecule has 2 rings (SSSR count). The van der Waals surface area contributed by atoms with Crippen LogP contribution in [0, 0.1) is 0 Å². The van der Waals surface area contributed by atoms with Crippen LogP contribution < -0.4 is 10.3 Å². The van der Waals surface area contributed by atoms with E-state index in [9.17, 15) is 4.57 Å². The highest BCUT2D eigenvalue weighted by Gasteiger charge is 2.02. The summed E-state index contributed by atoms with van der Waals surface area (Å²) < 4.78 is 21.9. The number of hydrogen-bond donors (Lipinski definition) is 1. The lowest BCUT2D eigenvalue weighted by atomic mass is 10.2. The van der Waals surface area contributed by atoms with E-state index in [4.69, 9.17) is 14.8 Å². The van der Waals surface area contributed by atoms with Crippen molar-refractivity contribution in [3.05, 3.63) is 60.2 Å². The third kappa shape index (κ3) is 3.91. The minimum absolute atomic E-state index is 0.241. The Hall–Kier alpha value is -1.77. The molecule has 0 aliphatic heterocycles. The molecule has 0 amide bonds. The van der Waals surface area contributed by atoms with Crippen LogP contribution in [0.1, 0.15) is 5.56 Å². The van der Waals surface area contributed by atoms with Gasteiger partial charge in [0.2, 0.25) is 0 Å². The minimum Gasteiger partial charge on any atom is -0.426 e. The Morgan fingerprint density at radius 2 is 1.67 bits per heavy atom. The van der Waals surface area contributed by atoms with Gasteiger partial charge in [-0.05, 0) is 29.8 Å². The number of benzene rings is 2. The predicted molar refractivity (Wildman–Crippen MR) is 71.7 cm³/mol. The van der Waals surface area contributed by atoms with Gasteiger partial charge in [0.1, 0.15) is 5.75 Å². The van der Waals surface area contributed by atoms with E-state index >= 15 is 0 Å². The van der Waals surface area contributed by atoms with Crippen molar-refractivity contribution >= 4 is 13.9 Å². The molecule has 0 spiro atoms. The number of anilines is 1. The minimum atomic E-state index is -2.53. The quantitative estimate of drug-likeness (QED) is 0.664. The van der Waals surface area contributed by atoms with Crippen LogP contribution in [0.2, 0.25) is 0 Å². The van der Waals surface area contributed by atoms with Crippen molar-refractivity contribution in [2.24, 2.45) is 0 Å². The van der Waals surface area contributed by atoms with Gasteiger partial charge < -0.3 is 10.3 Å². The second kappa shape index (κ2) is 6.24. The maximum Gasteiger partial charge on any atom is 0.368 e. The van der Waals surface area contributed by atoms with Crippen LogP contribution >= 0.6 is 8.25 Å². The highest BCUT2D eigenvalue weighted by Crippen LogP contribution is 2.28. The lowest BCUT2D eigenvalue weighted by Gasteiger charge is -2.06. The first-order chi connectivity index (χ1) is 8.74. The average Bonchev–Trinajstić information content (AvgIpc) is 2.39. The van der Waals surface area contributed by atoms with E-state index < -0.39 is 8.25 Å². The highest BCUT2D eigenvalue weighted by atomic mass is 31.1. The lowest BCUT2D eigenvalue weighted by molar-refractivity contribution is 0.277. The molecule has 0 aromatic heterocycles. The van der Waals surface area contributed by atoms with Gasteiger partial charge in [-0.3, -0.25) is 4.52 Å². The monoisotopic (exact) mass is 263 g/mol. The van der Waals surface area contributed by atoms with Crippen LogP contribution in [-0.2, 0) is 15.7 Å². The summed E-state index contributed by atoms with van der Waals surface area (Å²) in [6.45, 7) is 0.241. The molecule has 0 saturated heterocycles. The Labute approximate surface area is 106 Å². The Balaban J connectivity index is 1.83. The van der Waals surface area contributed by atoms with Gasteiger partial charge in [0.05, 0.1) is 6.61 Å². The third-order valence-electron chi connectivity index (χ3n) is 2.28. The fourth-order valence-electron chi connectivity index (χ4n) is 1.37. The fraction of sp³-hybridized carbons (Fsp3) is 0.0769. The molecular formula is C13H14NO3P. The molecular weight excluding hydrogens is 249 g/mol.